The lowest BCUT2D eigenvalue weighted by molar-refractivity contribution is 0.0526. The highest BCUT2D eigenvalue weighted by atomic mass is 32.1. The van der Waals surface area contributed by atoms with Crippen molar-refractivity contribution in [1.82, 2.24) is 4.98 Å². The van der Waals surface area contributed by atoms with Crippen molar-refractivity contribution in [2.24, 2.45) is 0 Å². The Hall–Kier alpha value is -2.41. The molecule has 6 nitrogen and oxygen atoms in total. The summed E-state index contributed by atoms with van der Waals surface area (Å²) in [5.41, 5.74) is 3.41. The summed E-state index contributed by atoms with van der Waals surface area (Å²) in [7, 11) is 0. The highest BCUT2D eigenvalue weighted by Crippen LogP contribution is 2.34. The van der Waals surface area contributed by atoms with E-state index in [4.69, 9.17) is 4.74 Å². The number of nitrogens with one attached hydrogen (secondary N) is 2. The summed E-state index contributed by atoms with van der Waals surface area (Å²) in [6.07, 6.45) is 0.668. The molecule has 0 fully saturated rings. The fraction of sp³-hybridized carbons (Fsp3) is 0.421. The molecule has 2 rings (SSSR count). The van der Waals surface area contributed by atoms with Crippen LogP contribution in [0.25, 0.3) is 0 Å². The Kier molecular flexibility index (Phi) is 6.02. The van der Waals surface area contributed by atoms with Gasteiger partial charge >= 0.3 is 5.97 Å². The molecule has 0 saturated carbocycles. The van der Waals surface area contributed by atoms with Gasteiger partial charge in [-0.1, -0.05) is 6.92 Å². The van der Waals surface area contributed by atoms with Crippen LogP contribution in [0.3, 0.4) is 0 Å². The summed E-state index contributed by atoms with van der Waals surface area (Å²) >= 11 is 1.35. The number of carbonyl (C=O) groups excluding carboxylic acids is 3. The van der Waals surface area contributed by atoms with Crippen molar-refractivity contribution in [2.45, 2.75) is 48.0 Å². The Morgan fingerprint density at radius 3 is 2.27 bits per heavy atom. The van der Waals surface area contributed by atoms with Crippen molar-refractivity contribution in [3.05, 3.63) is 38.5 Å². The standard InChI is InChI=1S/C19H24N2O4S/c1-7-13-12(6)26-18(15(13)19(24)25-8-2)21-17(23)16-9(3)14(11(5)22)10(4)20-16/h20H,7-8H2,1-6H3,(H,21,23). The Balaban J connectivity index is 2.43. The van der Waals surface area contributed by atoms with Gasteiger partial charge in [0, 0.05) is 16.1 Å². The van der Waals surface area contributed by atoms with Crippen molar-refractivity contribution < 1.29 is 19.1 Å². The molecular weight excluding hydrogens is 352 g/mol. The van der Waals surface area contributed by atoms with Crippen LogP contribution < -0.4 is 5.32 Å². The minimum Gasteiger partial charge on any atom is -0.462 e. The molecule has 2 N–H and O–H groups in total. The number of anilines is 1. The number of ketones is 1. The van der Waals surface area contributed by atoms with Crippen molar-refractivity contribution in [3.63, 3.8) is 0 Å². The molecule has 0 aliphatic heterocycles. The van der Waals surface area contributed by atoms with Gasteiger partial charge in [-0.05, 0) is 52.2 Å². The van der Waals surface area contributed by atoms with Crippen LogP contribution in [-0.4, -0.2) is 29.3 Å². The van der Waals surface area contributed by atoms with Crippen molar-refractivity contribution in [1.29, 1.82) is 0 Å². The molecule has 26 heavy (non-hydrogen) atoms. The molecule has 0 atom stereocenters. The van der Waals surface area contributed by atoms with Gasteiger partial charge in [0.15, 0.2) is 5.78 Å². The Morgan fingerprint density at radius 2 is 1.77 bits per heavy atom. The topological polar surface area (TPSA) is 88.3 Å². The second-order valence-corrected chi connectivity index (χ2v) is 7.28. The first-order valence-corrected chi connectivity index (χ1v) is 9.35. The summed E-state index contributed by atoms with van der Waals surface area (Å²) in [5, 5.41) is 3.29. The number of Topliss-reactive ketones (excluding diaryl/α,β-unsaturated/α-hetero) is 1. The largest absolute Gasteiger partial charge is 0.462 e. The first-order chi connectivity index (χ1) is 12.2. The maximum atomic E-state index is 12.8. The van der Waals surface area contributed by atoms with Gasteiger partial charge in [-0.3, -0.25) is 9.59 Å². The molecular formula is C19H24N2O4S. The molecule has 0 aliphatic carbocycles. The fourth-order valence-electron chi connectivity index (χ4n) is 3.18. The summed E-state index contributed by atoms with van der Waals surface area (Å²) in [4.78, 5) is 40.9. The van der Waals surface area contributed by atoms with E-state index in [2.05, 4.69) is 10.3 Å². The molecule has 0 bridgehead atoms. The molecule has 1 amide bonds. The van der Waals surface area contributed by atoms with E-state index >= 15 is 0 Å². The van der Waals surface area contributed by atoms with Gasteiger partial charge in [-0.15, -0.1) is 11.3 Å². The van der Waals surface area contributed by atoms with E-state index < -0.39 is 5.97 Å². The lowest BCUT2D eigenvalue weighted by Crippen LogP contribution is -2.16. The number of aryl methyl sites for hydroxylation is 2. The SMILES string of the molecule is CCOC(=O)c1c(NC(=O)c2[nH]c(C)c(C(C)=O)c2C)sc(C)c1CC. The minimum absolute atomic E-state index is 0.0947. The molecule has 0 aromatic carbocycles. The lowest BCUT2D eigenvalue weighted by Gasteiger charge is -2.08. The summed E-state index contributed by atoms with van der Waals surface area (Å²) < 4.78 is 5.15. The second-order valence-electron chi connectivity index (χ2n) is 6.05. The van der Waals surface area contributed by atoms with Crippen LogP contribution >= 0.6 is 11.3 Å². The quantitative estimate of drug-likeness (QED) is 0.584. The summed E-state index contributed by atoms with van der Waals surface area (Å²) in [6, 6.07) is 0. The van der Waals surface area contributed by atoms with E-state index in [0.29, 0.717) is 39.5 Å². The minimum atomic E-state index is -0.437. The van der Waals surface area contributed by atoms with Crippen LogP contribution in [0, 0.1) is 20.8 Å². The maximum absolute atomic E-state index is 12.8. The van der Waals surface area contributed by atoms with E-state index in [0.717, 1.165) is 10.4 Å². The third-order valence-corrected chi connectivity index (χ3v) is 5.35. The van der Waals surface area contributed by atoms with E-state index in [9.17, 15) is 14.4 Å². The molecule has 2 heterocycles. The van der Waals surface area contributed by atoms with E-state index in [-0.39, 0.29) is 18.3 Å². The summed E-state index contributed by atoms with van der Waals surface area (Å²) in [6.45, 7) is 10.9. The van der Waals surface area contributed by atoms with Crippen molar-refractivity contribution in [2.75, 3.05) is 11.9 Å². The lowest BCUT2D eigenvalue weighted by atomic mass is 10.1. The van der Waals surface area contributed by atoms with Crippen molar-refractivity contribution in [3.8, 4) is 0 Å². The van der Waals surface area contributed by atoms with Gasteiger partial charge in [-0.25, -0.2) is 4.79 Å². The van der Waals surface area contributed by atoms with Gasteiger partial charge in [-0.2, -0.15) is 0 Å². The Labute approximate surface area is 157 Å². The number of ether oxygens (including phenoxy) is 1. The van der Waals surface area contributed by atoms with Crippen LogP contribution in [0.1, 0.15) is 73.7 Å². The Morgan fingerprint density at radius 1 is 1.12 bits per heavy atom. The summed E-state index contributed by atoms with van der Waals surface area (Å²) in [5.74, 6) is -0.914. The number of aromatic nitrogens is 1. The monoisotopic (exact) mass is 376 g/mol. The fourth-order valence-corrected chi connectivity index (χ4v) is 4.31. The van der Waals surface area contributed by atoms with Crippen LogP contribution in [0.5, 0.6) is 0 Å². The first kappa shape index (κ1) is 19.9. The number of H-pyrrole nitrogens is 1. The molecule has 7 heteroatoms. The molecule has 0 unspecified atom stereocenters. The van der Waals surface area contributed by atoms with E-state index in [1.54, 1.807) is 20.8 Å². The zero-order valence-corrected chi connectivity index (χ0v) is 16.8. The third-order valence-electron chi connectivity index (χ3n) is 4.29. The highest BCUT2D eigenvalue weighted by Gasteiger charge is 2.26. The van der Waals surface area contributed by atoms with Gasteiger partial charge in [0.1, 0.15) is 10.7 Å². The molecule has 2 aromatic rings. The van der Waals surface area contributed by atoms with Crippen LogP contribution in [-0.2, 0) is 11.2 Å². The number of rotatable bonds is 6. The molecule has 140 valence electrons. The van der Waals surface area contributed by atoms with E-state index in [1.165, 1.54) is 18.3 Å². The first-order valence-electron chi connectivity index (χ1n) is 8.53. The van der Waals surface area contributed by atoms with Crippen LogP contribution in [0.4, 0.5) is 5.00 Å². The maximum Gasteiger partial charge on any atom is 0.341 e. The van der Waals surface area contributed by atoms with Gasteiger partial charge in [0.25, 0.3) is 5.91 Å². The molecule has 0 saturated heterocycles. The number of esters is 1. The zero-order valence-electron chi connectivity index (χ0n) is 16.0. The smallest absolute Gasteiger partial charge is 0.341 e. The van der Waals surface area contributed by atoms with Crippen LogP contribution in [0.15, 0.2) is 0 Å². The number of amides is 1. The number of aromatic amines is 1. The second kappa shape index (κ2) is 7.86. The Bertz CT molecular complexity index is 877. The van der Waals surface area contributed by atoms with Crippen molar-refractivity contribution >= 4 is 34.0 Å². The number of hydrogen-bond donors (Lipinski definition) is 2. The number of thiophene rings is 1. The highest BCUT2D eigenvalue weighted by molar-refractivity contribution is 7.16. The predicted octanol–water partition coefficient (Wildman–Crippen LogP) is 4.20. The normalized spacial score (nSPS) is 10.7. The van der Waals surface area contributed by atoms with E-state index in [1.807, 2.05) is 13.8 Å². The van der Waals surface area contributed by atoms with Gasteiger partial charge in [0.05, 0.1) is 12.2 Å². The average Bonchev–Trinajstić information content (AvgIpc) is 3.03. The average molecular weight is 376 g/mol. The van der Waals surface area contributed by atoms with Crippen LogP contribution in [0.2, 0.25) is 0 Å². The molecule has 2 aromatic heterocycles. The van der Waals surface area contributed by atoms with Gasteiger partial charge < -0.3 is 15.0 Å². The molecule has 0 aliphatic rings. The molecule has 0 spiro atoms. The molecule has 0 radical (unpaired) electrons. The van der Waals surface area contributed by atoms with Gasteiger partial charge in [0.2, 0.25) is 0 Å². The number of carbonyl (C=O) groups is 3. The predicted molar refractivity (Wildman–Crippen MR) is 103 cm³/mol. The third kappa shape index (κ3) is 3.58. The zero-order chi connectivity index (χ0) is 19.6. The number of hydrogen-bond acceptors (Lipinski definition) is 5.